The van der Waals surface area contributed by atoms with Crippen molar-refractivity contribution < 1.29 is 33.3 Å². The SMILES string of the molecule is CC(=O)OC[C@]1(C)[C@@H](OC(C)=O)CC[C@@]2(C)[C@H]1CC[C@@H](C)[C@]21CC[C@@]2(COC(=O)C2)O1. The van der Waals surface area contributed by atoms with Gasteiger partial charge in [-0.05, 0) is 50.4 Å². The van der Waals surface area contributed by atoms with E-state index in [4.69, 9.17) is 18.9 Å². The highest BCUT2D eigenvalue weighted by atomic mass is 16.6. The van der Waals surface area contributed by atoms with Gasteiger partial charge in [0.1, 0.15) is 24.9 Å². The molecule has 2 heterocycles. The van der Waals surface area contributed by atoms with Crippen molar-refractivity contribution in [1.82, 2.24) is 0 Å². The number of ether oxygens (including phenoxy) is 4. The molecule has 2 saturated carbocycles. The lowest BCUT2D eigenvalue weighted by Gasteiger charge is -2.65. The molecule has 7 nitrogen and oxygen atoms in total. The Labute approximate surface area is 184 Å². The van der Waals surface area contributed by atoms with Crippen LogP contribution in [0.1, 0.15) is 79.6 Å². The summed E-state index contributed by atoms with van der Waals surface area (Å²) in [7, 11) is 0. The van der Waals surface area contributed by atoms with E-state index in [2.05, 4.69) is 20.8 Å². The minimum absolute atomic E-state index is 0.154. The summed E-state index contributed by atoms with van der Waals surface area (Å²) in [4.78, 5) is 35.5. The lowest BCUT2D eigenvalue weighted by molar-refractivity contribution is -0.269. The molecule has 31 heavy (non-hydrogen) atoms. The first-order chi connectivity index (χ1) is 14.5. The smallest absolute Gasteiger partial charge is 0.308 e. The molecule has 0 N–H and O–H groups in total. The second kappa shape index (κ2) is 7.46. The fraction of sp³-hybridized carbons (Fsp3) is 0.875. The predicted molar refractivity (Wildman–Crippen MR) is 111 cm³/mol. The minimum Gasteiger partial charge on any atom is -0.465 e. The summed E-state index contributed by atoms with van der Waals surface area (Å²) in [6, 6.07) is 0. The van der Waals surface area contributed by atoms with E-state index >= 15 is 0 Å². The van der Waals surface area contributed by atoms with Gasteiger partial charge in [-0.1, -0.05) is 20.8 Å². The zero-order valence-corrected chi connectivity index (χ0v) is 19.5. The first-order valence-corrected chi connectivity index (χ1v) is 11.6. The van der Waals surface area contributed by atoms with E-state index in [-0.39, 0.29) is 47.6 Å². The van der Waals surface area contributed by atoms with E-state index in [1.165, 1.54) is 13.8 Å². The van der Waals surface area contributed by atoms with Crippen LogP contribution in [0.4, 0.5) is 0 Å². The molecule has 0 unspecified atom stereocenters. The molecule has 0 radical (unpaired) electrons. The Morgan fingerprint density at radius 3 is 2.42 bits per heavy atom. The van der Waals surface area contributed by atoms with E-state index < -0.39 is 11.0 Å². The van der Waals surface area contributed by atoms with Crippen molar-refractivity contribution in [3.63, 3.8) is 0 Å². The van der Waals surface area contributed by atoms with Gasteiger partial charge in [0.25, 0.3) is 0 Å². The van der Waals surface area contributed by atoms with Crippen molar-refractivity contribution in [1.29, 1.82) is 0 Å². The van der Waals surface area contributed by atoms with E-state index in [9.17, 15) is 14.4 Å². The fourth-order valence-electron chi connectivity index (χ4n) is 7.55. The number of rotatable bonds is 3. The largest absolute Gasteiger partial charge is 0.465 e. The Balaban J connectivity index is 1.71. The summed E-state index contributed by atoms with van der Waals surface area (Å²) in [5.74, 6) is -0.319. The average molecular weight is 437 g/mol. The van der Waals surface area contributed by atoms with Gasteiger partial charge < -0.3 is 18.9 Å². The fourth-order valence-corrected chi connectivity index (χ4v) is 7.55. The Morgan fingerprint density at radius 2 is 1.81 bits per heavy atom. The lowest BCUT2D eigenvalue weighted by atomic mass is 9.43. The van der Waals surface area contributed by atoms with Crippen LogP contribution in [0.25, 0.3) is 0 Å². The van der Waals surface area contributed by atoms with Crippen LogP contribution < -0.4 is 0 Å². The van der Waals surface area contributed by atoms with Gasteiger partial charge in [-0.2, -0.15) is 0 Å². The van der Waals surface area contributed by atoms with E-state index in [1.807, 2.05) is 0 Å². The summed E-state index contributed by atoms with van der Waals surface area (Å²) in [5.41, 5.74) is -1.58. The standard InChI is InChI=1S/C24H36O7/c1-15-6-7-18-21(4,13-28-16(2)25)19(30-17(3)26)8-9-22(18,5)24(15)11-10-23(31-24)12-20(27)29-14-23/h15,18-19H,6-14H2,1-5H3/t15-,18+,19+,21+,22+,23-,24-/m1/s1. The Hall–Kier alpha value is -1.63. The van der Waals surface area contributed by atoms with Crippen LogP contribution in [0.15, 0.2) is 0 Å². The number of carbonyl (C=O) groups is 3. The molecule has 4 fully saturated rings. The van der Waals surface area contributed by atoms with Crippen LogP contribution in [0.2, 0.25) is 0 Å². The maximum atomic E-state index is 11.9. The molecule has 174 valence electrons. The summed E-state index contributed by atoms with van der Waals surface area (Å²) < 4.78 is 23.6. The molecule has 2 aliphatic heterocycles. The van der Waals surface area contributed by atoms with Crippen LogP contribution >= 0.6 is 0 Å². The number of esters is 3. The summed E-state index contributed by atoms with van der Waals surface area (Å²) in [6.07, 6.45) is 5.22. The molecule has 0 aromatic rings. The summed E-state index contributed by atoms with van der Waals surface area (Å²) in [6.45, 7) is 10.1. The molecule has 2 saturated heterocycles. The van der Waals surface area contributed by atoms with E-state index in [0.29, 0.717) is 25.4 Å². The van der Waals surface area contributed by atoms with E-state index in [0.717, 1.165) is 32.1 Å². The lowest BCUT2D eigenvalue weighted by Crippen LogP contribution is -2.67. The number of cyclic esters (lactones) is 1. The van der Waals surface area contributed by atoms with Crippen LogP contribution in [0.5, 0.6) is 0 Å². The zero-order chi connectivity index (χ0) is 22.7. The number of carbonyl (C=O) groups excluding carboxylic acids is 3. The van der Waals surface area contributed by atoms with Crippen molar-refractivity contribution in [3.8, 4) is 0 Å². The molecule has 2 aliphatic carbocycles. The van der Waals surface area contributed by atoms with E-state index in [1.54, 1.807) is 0 Å². The quantitative estimate of drug-likeness (QED) is 0.494. The monoisotopic (exact) mass is 436 g/mol. The third kappa shape index (κ3) is 3.38. The number of fused-ring (bicyclic) bond motifs is 2. The van der Waals surface area contributed by atoms with Crippen molar-refractivity contribution in [3.05, 3.63) is 0 Å². The molecule has 7 atom stereocenters. The Bertz CT molecular complexity index is 780. The van der Waals surface area contributed by atoms with Crippen molar-refractivity contribution in [2.24, 2.45) is 22.7 Å². The maximum absolute atomic E-state index is 11.9. The summed E-state index contributed by atoms with van der Waals surface area (Å²) in [5, 5.41) is 0. The van der Waals surface area contributed by atoms with Crippen LogP contribution in [-0.4, -0.2) is 48.4 Å². The van der Waals surface area contributed by atoms with Crippen molar-refractivity contribution in [2.75, 3.05) is 13.2 Å². The molecule has 4 rings (SSSR count). The van der Waals surface area contributed by atoms with Gasteiger partial charge in [-0.15, -0.1) is 0 Å². The summed E-state index contributed by atoms with van der Waals surface area (Å²) >= 11 is 0. The van der Waals surface area contributed by atoms with Gasteiger partial charge >= 0.3 is 17.9 Å². The topological polar surface area (TPSA) is 88.1 Å². The highest BCUT2D eigenvalue weighted by molar-refractivity contribution is 5.73. The van der Waals surface area contributed by atoms with Gasteiger partial charge in [0.2, 0.25) is 0 Å². The van der Waals surface area contributed by atoms with Gasteiger partial charge in [0.05, 0.1) is 12.0 Å². The highest BCUT2D eigenvalue weighted by Crippen LogP contribution is 2.68. The Kier molecular flexibility index (Phi) is 5.43. The maximum Gasteiger partial charge on any atom is 0.308 e. The molecule has 0 amide bonds. The molecule has 2 spiro atoms. The van der Waals surface area contributed by atoms with Crippen molar-refractivity contribution in [2.45, 2.75) is 96.9 Å². The second-order valence-electron chi connectivity index (χ2n) is 10.9. The third-order valence-electron chi connectivity index (χ3n) is 9.09. The van der Waals surface area contributed by atoms with Crippen LogP contribution in [0, 0.1) is 22.7 Å². The predicted octanol–water partition coefficient (Wildman–Crippen LogP) is 3.57. The normalized spacial score (nSPS) is 46.6. The van der Waals surface area contributed by atoms with Gasteiger partial charge in [-0.25, -0.2) is 0 Å². The molecule has 0 aromatic heterocycles. The Morgan fingerprint density at radius 1 is 1.06 bits per heavy atom. The number of hydrogen-bond acceptors (Lipinski definition) is 7. The van der Waals surface area contributed by atoms with Crippen LogP contribution in [0.3, 0.4) is 0 Å². The zero-order valence-electron chi connectivity index (χ0n) is 19.5. The number of hydrogen-bond donors (Lipinski definition) is 0. The second-order valence-corrected chi connectivity index (χ2v) is 10.9. The molecule has 0 aromatic carbocycles. The highest BCUT2D eigenvalue weighted by Gasteiger charge is 2.70. The molecular formula is C24H36O7. The molecule has 7 heteroatoms. The third-order valence-corrected chi connectivity index (χ3v) is 9.09. The molecule has 4 aliphatic rings. The molecule has 0 bridgehead atoms. The molecular weight excluding hydrogens is 400 g/mol. The van der Waals surface area contributed by atoms with Gasteiger partial charge in [-0.3, -0.25) is 14.4 Å². The van der Waals surface area contributed by atoms with Crippen LogP contribution in [-0.2, 0) is 33.3 Å². The van der Waals surface area contributed by atoms with Gasteiger partial charge in [0.15, 0.2) is 0 Å². The first kappa shape index (κ1) is 22.6. The first-order valence-electron chi connectivity index (χ1n) is 11.6. The van der Waals surface area contributed by atoms with Crippen molar-refractivity contribution >= 4 is 17.9 Å². The van der Waals surface area contributed by atoms with Gasteiger partial charge in [0, 0.05) is 24.7 Å². The average Bonchev–Trinajstić information content (AvgIpc) is 3.25. The minimum atomic E-state index is -0.519.